The van der Waals surface area contributed by atoms with E-state index in [1.54, 1.807) is 6.07 Å². The second kappa shape index (κ2) is 7.17. The number of carbonyl (C=O) groups is 2. The third-order valence-electron chi connectivity index (χ3n) is 2.10. The van der Waals surface area contributed by atoms with Crippen LogP contribution in [0.2, 0.25) is 0 Å². The molecule has 0 aliphatic rings. The van der Waals surface area contributed by atoms with Gasteiger partial charge >= 0.3 is 5.97 Å². The number of primary amides is 1. The minimum absolute atomic E-state index is 0.146. The van der Waals surface area contributed by atoms with E-state index in [4.69, 9.17) is 16.2 Å². The van der Waals surface area contributed by atoms with E-state index >= 15 is 0 Å². The number of esters is 1. The largest absolute Gasteiger partial charge is 0.464 e. The van der Waals surface area contributed by atoms with Crippen molar-refractivity contribution in [2.24, 2.45) is 5.73 Å². The summed E-state index contributed by atoms with van der Waals surface area (Å²) in [6.07, 6.45) is 0. The minimum Gasteiger partial charge on any atom is -0.464 e. The van der Waals surface area contributed by atoms with Crippen molar-refractivity contribution < 1.29 is 19.1 Å². The first-order valence-electron chi connectivity index (χ1n) is 5.49. The molecule has 0 aromatic carbocycles. The van der Waals surface area contributed by atoms with E-state index in [-0.39, 0.29) is 18.9 Å². The number of carbonyl (C=O) groups excluding carboxylic acids is 2. The minimum atomic E-state index is -0.548. The number of nitrogens with one attached hydrogen (secondary N) is 1. The zero-order chi connectivity index (χ0) is 14.3. The standard InChI is InChI=1S/C11H16N4O4/c1-18-11(17)8-3-2-7(12)10(15-8)14-4-5-19-6-9(13)16/h2-3H,4-6,12H2,1H3,(H2,13,16)(H,14,15). The molecule has 1 aromatic rings. The summed E-state index contributed by atoms with van der Waals surface area (Å²) in [6, 6.07) is 3.02. The molecule has 0 saturated carbocycles. The number of methoxy groups -OCH3 is 1. The van der Waals surface area contributed by atoms with Gasteiger partial charge in [-0.3, -0.25) is 4.79 Å². The summed E-state index contributed by atoms with van der Waals surface area (Å²) in [5.41, 5.74) is 11.2. The quantitative estimate of drug-likeness (QED) is 0.443. The number of nitrogen functional groups attached to an aromatic ring is 1. The van der Waals surface area contributed by atoms with Crippen LogP contribution in [0.5, 0.6) is 0 Å². The number of hydrogen-bond acceptors (Lipinski definition) is 7. The van der Waals surface area contributed by atoms with Gasteiger partial charge in [-0.15, -0.1) is 0 Å². The van der Waals surface area contributed by atoms with Crippen molar-refractivity contribution in [1.29, 1.82) is 0 Å². The van der Waals surface area contributed by atoms with Crippen LogP contribution in [-0.2, 0) is 14.3 Å². The molecule has 8 nitrogen and oxygen atoms in total. The second-order valence-electron chi connectivity index (χ2n) is 3.57. The number of anilines is 2. The van der Waals surface area contributed by atoms with Crippen molar-refractivity contribution in [2.75, 3.05) is 37.9 Å². The molecule has 0 unspecified atom stereocenters. The number of amides is 1. The molecule has 0 spiro atoms. The summed E-state index contributed by atoms with van der Waals surface area (Å²) < 4.78 is 9.51. The van der Waals surface area contributed by atoms with E-state index in [0.717, 1.165) is 0 Å². The van der Waals surface area contributed by atoms with E-state index < -0.39 is 11.9 Å². The Labute approximate surface area is 110 Å². The number of nitrogens with two attached hydrogens (primary N) is 2. The van der Waals surface area contributed by atoms with E-state index in [0.29, 0.717) is 18.1 Å². The summed E-state index contributed by atoms with van der Waals surface area (Å²) >= 11 is 0. The summed E-state index contributed by atoms with van der Waals surface area (Å²) in [6.45, 7) is 0.481. The molecule has 0 radical (unpaired) electrons. The highest BCUT2D eigenvalue weighted by atomic mass is 16.5. The van der Waals surface area contributed by atoms with Crippen LogP contribution in [0.4, 0.5) is 11.5 Å². The second-order valence-corrected chi connectivity index (χ2v) is 3.57. The fraction of sp³-hybridized carbons (Fsp3) is 0.364. The maximum Gasteiger partial charge on any atom is 0.356 e. The highest BCUT2D eigenvalue weighted by Crippen LogP contribution is 2.15. The molecule has 104 valence electrons. The molecule has 5 N–H and O–H groups in total. The summed E-state index contributed by atoms with van der Waals surface area (Å²) in [7, 11) is 1.27. The molecule has 0 fully saturated rings. The maximum absolute atomic E-state index is 11.3. The first-order chi connectivity index (χ1) is 9.04. The van der Waals surface area contributed by atoms with Crippen LogP contribution >= 0.6 is 0 Å². The van der Waals surface area contributed by atoms with Crippen LogP contribution in [0.25, 0.3) is 0 Å². The average molecular weight is 268 g/mol. The van der Waals surface area contributed by atoms with Gasteiger partial charge in [-0.05, 0) is 12.1 Å². The van der Waals surface area contributed by atoms with Crippen LogP contribution in [-0.4, -0.2) is 43.7 Å². The van der Waals surface area contributed by atoms with Crippen molar-refractivity contribution in [2.45, 2.75) is 0 Å². The summed E-state index contributed by atoms with van der Waals surface area (Å²) in [4.78, 5) is 25.7. The molecular weight excluding hydrogens is 252 g/mol. The van der Waals surface area contributed by atoms with Crippen molar-refractivity contribution in [3.05, 3.63) is 17.8 Å². The Balaban J connectivity index is 2.52. The van der Waals surface area contributed by atoms with Gasteiger partial charge in [-0.25, -0.2) is 9.78 Å². The lowest BCUT2D eigenvalue weighted by Crippen LogP contribution is -2.21. The molecule has 19 heavy (non-hydrogen) atoms. The first kappa shape index (κ1) is 14.7. The molecule has 1 rings (SSSR count). The van der Waals surface area contributed by atoms with E-state index in [1.165, 1.54) is 13.2 Å². The predicted molar refractivity (Wildman–Crippen MR) is 68.5 cm³/mol. The average Bonchev–Trinajstić information content (AvgIpc) is 2.39. The Kier molecular flexibility index (Phi) is 5.55. The van der Waals surface area contributed by atoms with Crippen molar-refractivity contribution in [3.63, 3.8) is 0 Å². The lowest BCUT2D eigenvalue weighted by molar-refractivity contribution is -0.122. The van der Waals surface area contributed by atoms with Crippen LogP contribution in [0.3, 0.4) is 0 Å². The zero-order valence-electron chi connectivity index (χ0n) is 10.5. The monoisotopic (exact) mass is 268 g/mol. The third kappa shape index (κ3) is 4.80. The Morgan fingerprint density at radius 2 is 2.16 bits per heavy atom. The Morgan fingerprint density at radius 1 is 1.42 bits per heavy atom. The number of rotatable bonds is 7. The normalized spacial score (nSPS) is 9.95. The van der Waals surface area contributed by atoms with Crippen LogP contribution in [0.15, 0.2) is 12.1 Å². The van der Waals surface area contributed by atoms with Crippen molar-refractivity contribution in [1.82, 2.24) is 4.98 Å². The van der Waals surface area contributed by atoms with Gasteiger partial charge in [0.05, 0.1) is 19.4 Å². The lowest BCUT2D eigenvalue weighted by atomic mass is 10.3. The zero-order valence-corrected chi connectivity index (χ0v) is 10.5. The molecule has 1 amide bonds. The Bertz CT molecular complexity index is 464. The fourth-order valence-electron chi connectivity index (χ4n) is 1.24. The van der Waals surface area contributed by atoms with Crippen LogP contribution in [0.1, 0.15) is 10.5 Å². The van der Waals surface area contributed by atoms with Crippen LogP contribution < -0.4 is 16.8 Å². The topological polar surface area (TPSA) is 130 Å². The van der Waals surface area contributed by atoms with Gasteiger partial charge in [-0.2, -0.15) is 0 Å². The Hall–Kier alpha value is -2.35. The van der Waals surface area contributed by atoms with Gasteiger partial charge in [0.15, 0.2) is 5.69 Å². The van der Waals surface area contributed by atoms with E-state index in [1.807, 2.05) is 0 Å². The highest BCUT2D eigenvalue weighted by molar-refractivity contribution is 5.88. The number of hydrogen-bond donors (Lipinski definition) is 3. The van der Waals surface area contributed by atoms with Gasteiger partial charge < -0.3 is 26.3 Å². The molecule has 8 heteroatoms. The maximum atomic E-state index is 11.3. The number of aromatic nitrogens is 1. The van der Waals surface area contributed by atoms with E-state index in [9.17, 15) is 9.59 Å². The fourth-order valence-corrected chi connectivity index (χ4v) is 1.24. The van der Waals surface area contributed by atoms with Gasteiger partial charge in [0.25, 0.3) is 0 Å². The van der Waals surface area contributed by atoms with Crippen molar-refractivity contribution >= 4 is 23.4 Å². The molecule has 0 saturated heterocycles. The van der Waals surface area contributed by atoms with E-state index in [2.05, 4.69) is 15.0 Å². The molecule has 1 aromatic heterocycles. The summed E-state index contributed by atoms with van der Waals surface area (Å²) in [5, 5.41) is 2.89. The smallest absolute Gasteiger partial charge is 0.356 e. The highest BCUT2D eigenvalue weighted by Gasteiger charge is 2.09. The van der Waals surface area contributed by atoms with Gasteiger partial charge in [0.1, 0.15) is 12.4 Å². The summed E-state index contributed by atoms with van der Waals surface area (Å²) in [5.74, 6) is -0.732. The van der Waals surface area contributed by atoms with Crippen LogP contribution in [0, 0.1) is 0 Å². The Morgan fingerprint density at radius 3 is 2.79 bits per heavy atom. The molecule has 0 aliphatic heterocycles. The SMILES string of the molecule is COC(=O)c1ccc(N)c(NCCOCC(N)=O)n1. The molecule has 0 aliphatic carbocycles. The van der Waals surface area contributed by atoms with Gasteiger partial charge in [-0.1, -0.05) is 0 Å². The molecule has 1 heterocycles. The van der Waals surface area contributed by atoms with Gasteiger partial charge in [0.2, 0.25) is 5.91 Å². The predicted octanol–water partition coefficient (Wildman–Crippen LogP) is -0.636. The third-order valence-corrected chi connectivity index (χ3v) is 2.10. The number of ether oxygens (including phenoxy) is 2. The first-order valence-corrected chi connectivity index (χ1v) is 5.49. The van der Waals surface area contributed by atoms with Gasteiger partial charge in [0, 0.05) is 6.54 Å². The number of pyridine rings is 1. The number of nitrogens with zero attached hydrogens (tertiary/aromatic N) is 1. The lowest BCUT2D eigenvalue weighted by Gasteiger charge is -2.09. The molecular formula is C11H16N4O4. The van der Waals surface area contributed by atoms with Crippen molar-refractivity contribution in [3.8, 4) is 0 Å². The molecule has 0 atom stereocenters. The molecule has 0 bridgehead atoms.